The van der Waals surface area contributed by atoms with Crippen LogP contribution < -0.4 is 9.62 Å². The van der Waals surface area contributed by atoms with E-state index >= 15 is 0 Å². The third kappa shape index (κ3) is 7.03. The van der Waals surface area contributed by atoms with Crippen LogP contribution in [0.2, 0.25) is 10.0 Å². The number of amides is 2. The molecule has 0 aliphatic heterocycles. The number of halogens is 2. The summed E-state index contributed by atoms with van der Waals surface area (Å²) in [5.41, 5.74) is 1.88. The van der Waals surface area contributed by atoms with Gasteiger partial charge in [0.25, 0.3) is 10.0 Å². The van der Waals surface area contributed by atoms with Crippen LogP contribution in [0.3, 0.4) is 0 Å². The molecular weight excluding hydrogens is 533 g/mol. The SMILES string of the molecule is CCNC(=O)[C@@H](C)N(Cc1ccc(Cl)c(Cl)c1)C(=O)CN(c1ccccc1)S(=O)(=O)c1ccc(C)cc1. The molecule has 0 saturated carbocycles. The number of nitrogens with zero attached hydrogens (tertiary/aromatic N) is 2. The Bertz CT molecular complexity index is 1350. The molecule has 0 aromatic heterocycles. The first-order chi connectivity index (χ1) is 17.5. The van der Waals surface area contributed by atoms with Crippen LogP contribution in [0.5, 0.6) is 0 Å². The predicted octanol–water partition coefficient (Wildman–Crippen LogP) is 5.05. The van der Waals surface area contributed by atoms with Gasteiger partial charge in [-0.15, -0.1) is 0 Å². The first-order valence-electron chi connectivity index (χ1n) is 11.7. The molecule has 0 aliphatic rings. The molecule has 3 aromatic rings. The average Bonchev–Trinajstić information content (AvgIpc) is 2.88. The van der Waals surface area contributed by atoms with E-state index in [-0.39, 0.29) is 17.3 Å². The van der Waals surface area contributed by atoms with Crippen molar-refractivity contribution in [3.8, 4) is 0 Å². The quantitative estimate of drug-likeness (QED) is 0.375. The molecule has 7 nitrogen and oxygen atoms in total. The summed E-state index contributed by atoms with van der Waals surface area (Å²) in [6, 6.07) is 18.9. The number of sulfonamides is 1. The molecule has 0 saturated heterocycles. The van der Waals surface area contributed by atoms with Gasteiger partial charge in [-0.3, -0.25) is 13.9 Å². The van der Waals surface area contributed by atoms with Gasteiger partial charge < -0.3 is 10.2 Å². The Balaban J connectivity index is 2.01. The number of rotatable bonds is 10. The molecule has 0 fully saturated rings. The third-order valence-electron chi connectivity index (χ3n) is 5.79. The van der Waals surface area contributed by atoms with E-state index in [0.717, 1.165) is 9.87 Å². The van der Waals surface area contributed by atoms with Crippen molar-refractivity contribution < 1.29 is 18.0 Å². The number of carbonyl (C=O) groups excluding carboxylic acids is 2. The van der Waals surface area contributed by atoms with Crippen molar-refractivity contribution in [3.63, 3.8) is 0 Å². The molecule has 1 atom stereocenters. The number of likely N-dealkylation sites (N-methyl/N-ethyl adjacent to an activating group) is 1. The Morgan fingerprint density at radius 2 is 1.59 bits per heavy atom. The van der Waals surface area contributed by atoms with Gasteiger partial charge in [-0.1, -0.05) is 65.2 Å². The highest BCUT2D eigenvalue weighted by Gasteiger charge is 2.32. The molecule has 0 unspecified atom stereocenters. The Kier molecular flexibility index (Phi) is 9.59. The summed E-state index contributed by atoms with van der Waals surface area (Å²) in [6.07, 6.45) is 0. The van der Waals surface area contributed by atoms with Crippen molar-refractivity contribution in [2.24, 2.45) is 0 Å². The highest BCUT2D eigenvalue weighted by Crippen LogP contribution is 2.26. The lowest BCUT2D eigenvalue weighted by Gasteiger charge is -2.32. The molecule has 0 spiro atoms. The van der Waals surface area contributed by atoms with Crippen LogP contribution in [0.4, 0.5) is 5.69 Å². The van der Waals surface area contributed by atoms with Crippen LogP contribution in [0.15, 0.2) is 77.7 Å². The van der Waals surface area contributed by atoms with E-state index < -0.39 is 28.5 Å². The van der Waals surface area contributed by atoms with E-state index in [4.69, 9.17) is 23.2 Å². The smallest absolute Gasteiger partial charge is 0.264 e. The predicted molar refractivity (Wildman–Crippen MR) is 147 cm³/mol. The normalized spacial score (nSPS) is 12.0. The number of anilines is 1. The minimum atomic E-state index is -4.09. The van der Waals surface area contributed by atoms with E-state index in [0.29, 0.717) is 27.8 Å². The second-order valence-electron chi connectivity index (χ2n) is 8.50. The lowest BCUT2D eigenvalue weighted by atomic mass is 10.1. The number of hydrogen-bond acceptors (Lipinski definition) is 4. The van der Waals surface area contributed by atoms with Gasteiger partial charge in [0.15, 0.2) is 0 Å². The summed E-state index contributed by atoms with van der Waals surface area (Å²) in [6.45, 7) is 5.14. The molecule has 10 heteroatoms. The molecule has 0 heterocycles. The van der Waals surface area contributed by atoms with E-state index in [2.05, 4.69) is 5.32 Å². The maximum absolute atomic E-state index is 13.7. The Morgan fingerprint density at radius 1 is 0.946 bits per heavy atom. The fourth-order valence-electron chi connectivity index (χ4n) is 3.70. The minimum Gasteiger partial charge on any atom is -0.355 e. The summed E-state index contributed by atoms with van der Waals surface area (Å²) in [5, 5.41) is 3.39. The first kappa shape index (κ1) is 28.5. The van der Waals surface area contributed by atoms with Crippen LogP contribution in [-0.2, 0) is 26.2 Å². The molecule has 3 aromatic carbocycles. The molecule has 3 rings (SSSR count). The Morgan fingerprint density at radius 3 is 2.19 bits per heavy atom. The van der Waals surface area contributed by atoms with Crippen LogP contribution in [-0.4, -0.2) is 44.3 Å². The maximum Gasteiger partial charge on any atom is 0.264 e. The molecule has 196 valence electrons. The second-order valence-corrected chi connectivity index (χ2v) is 11.2. The van der Waals surface area contributed by atoms with Crippen molar-refractivity contribution in [1.82, 2.24) is 10.2 Å². The topological polar surface area (TPSA) is 86.8 Å². The van der Waals surface area contributed by atoms with Gasteiger partial charge in [-0.05, 0) is 62.7 Å². The van der Waals surface area contributed by atoms with Crippen molar-refractivity contribution in [3.05, 3.63) is 94.0 Å². The lowest BCUT2D eigenvalue weighted by Crippen LogP contribution is -2.51. The van der Waals surface area contributed by atoms with Crippen molar-refractivity contribution >= 4 is 50.7 Å². The van der Waals surface area contributed by atoms with Gasteiger partial charge >= 0.3 is 0 Å². The van der Waals surface area contributed by atoms with E-state index in [9.17, 15) is 18.0 Å². The first-order valence-corrected chi connectivity index (χ1v) is 13.9. The molecule has 2 amide bonds. The number of carbonyl (C=O) groups is 2. The summed E-state index contributed by atoms with van der Waals surface area (Å²) in [4.78, 5) is 27.9. The van der Waals surface area contributed by atoms with Crippen LogP contribution in [0.25, 0.3) is 0 Å². The van der Waals surface area contributed by atoms with Gasteiger partial charge in [-0.25, -0.2) is 8.42 Å². The Labute approximate surface area is 228 Å². The van der Waals surface area contributed by atoms with Crippen molar-refractivity contribution in [2.45, 2.75) is 38.3 Å². The zero-order chi connectivity index (χ0) is 27.2. The number of nitrogens with one attached hydrogen (secondary N) is 1. The second kappa shape index (κ2) is 12.4. The molecular formula is C27H29Cl2N3O4S. The van der Waals surface area contributed by atoms with E-state index in [1.807, 2.05) is 6.92 Å². The van der Waals surface area contributed by atoms with E-state index in [1.54, 1.807) is 74.5 Å². The zero-order valence-corrected chi connectivity index (χ0v) is 23.1. The van der Waals surface area contributed by atoms with Gasteiger partial charge in [0.2, 0.25) is 11.8 Å². The summed E-state index contributed by atoms with van der Waals surface area (Å²) < 4.78 is 28.4. The fraction of sp³-hybridized carbons (Fsp3) is 0.259. The number of aryl methyl sites for hydroxylation is 1. The summed E-state index contributed by atoms with van der Waals surface area (Å²) >= 11 is 12.2. The van der Waals surface area contributed by atoms with Crippen molar-refractivity contribution in [1.29, 1.82) is 0 Å². The van der Waals surface area contributed by atoms with Gasteiger partial charge in [0.1, 0.15) is 12.6 Å². The standard InChI is InChI=1S/C27H29Cl2N3O4S/c1-4-30-27(34)20(3)31(17-21-12-15-24(28)25(29)16-21)26(33)18-32(22-8-6-5-7-9-22)37(35,36)23-13-10-19(2)11-14-23/h5-16,20H,4,17-18H2,1-3H3,(H,30,34)/t20-/m1/s1. The molecule has 1 N–H and O–H groups in total. The zero-order valence-electron chi connectivity index (χ0n) is 20.8. The van der Waals surface area contributed by atoms with E-state index in [1.165, 1.54) is 17.0 Å². The monoisotopic (exact) mass is 561 g/mol. The molecule has 0 aliphatic carbocycles. The number of hydrogen-bond donors (Lipinski definition) is 1. The summed E-state index contributed by atoms with van der Waals surface area (Å²) in [7, 11) is -4.09. The van der Waals surface area contributed by atoms with Crippen LogP contribution in [0, 0.1) is 6.92 Å². The van der Waals surface area contributed by atoms with Gasteiger partial charge in [-0.2, -0.15) is 0 Å². The van der Waals surface area contributed by atoms with Crippen LogP contribution in [0.1, 0.15) is 25.0 Å². The molecule has 0 radical (unpaired) electrons. The highest BCUT2D eigenvalue weighted by atomic mass is 35.5. The molecule has 37 heavy (non-hydrogen) atoms. The maximum atomic E-state index is 13.7. The number of para-hydroxylation sites is 1. The number of benzene rings is 3. The lowest BCUT2D eigenvalue weighted by molar-refractivity contribution is -0.139. The van der Waals surface area contributed by atoms with Gasteiger partial charge in [0, 0.05) is 13.1 Å². The van der Waals surface area contributed by atoms with Gasteiger partial charge in [0.05, 0.1) is 20.6 Å². The highest BCUT2D eigenvalue weighted by molar-refractivity contribution is 7.92. The Hall–Kier alpha value is -3.07. The van der Waals surface area contributed by atoms with Crippen molar-refractivity contribution in [2.75, 3.05) is 17.4 Å². The average molecular weight is 563 g/mol. The fourth-order valence-corrected chi connectivity index (χ4v) is 5.43. The summed E-state index contributed by atoms with van der Waals surface area (Å²) in [5.74, 6) is -0.909. The largest absolute Gasteiger partial charge is 0.355 e. The molecule has 0 bridgehead atoms. The third-order valence-corrected chi connectivity index (χ3v) is 8.31. The minimum absolute atomic E-state index is 0.0290. The van der Waals surface area contributed by atoms with Crippen LogP contribution >= 0.6 is 23.2 Å².